The number of aromatic nitrogens is 3. The number of pyridine rings is 1. The van der Waals surface area contributed by atoms with E-state index < -0.39 is 23.4 Å². The van der Waals surface area contributed by atoms with E-state index in [1.54, 1.807) is 52.2 Å². The van der Waals surface area contributed by atoms with Gasteiger partial charge in [0.25, 0.3) is 0 Å². The monoisotopic (exact) mass is 702 g/mol. The summed E-state index contributed by atoms with van der Waals surface area (Å²) < 4.78 is 71.2. The van der Waals surface area contributed by atoms with E-state index in [1.807, 2.05) is 29.8 Å². The highest BCUT2D eigenvalue weighted by molar-refractivity contribution is 7.98. The predicted octanol–water partition coefficient (Wildman–Crippen LogP) is 8.70. The zero-order valence-corrected chi connectivity index (χ0v) is 27.6. The fourth-order valence-electron chi connectivity index (χ4n) is 5.60. The first-order valence-corrected chi connectivity index (χ1v) is 16.7. The van der Waals surface area contributed by atoms with Gasteiger partial charge in [-0.1, -0.05) is 60.7 Å². The van der Waals surface area contributed by atoms with E-state index in [-0.39, 0.29) is 42.3 Å². The molecule has 0 unspecified atom stereocenters. The van der Waals surface area contributed by atoms with Gasteiger partial charge in [-0.3, -0.25) is 9.59 Å². The molecular weight excluding hydrogens is 672 g/mol. The minimum absolute atomic E-state index is 0.0268. The Kier molecular flexibility index (Phi) is 10.2. The minimum Gasteiger partial charge on any atom is -0.337 e. The predicted molar refractivity (Wildman–Crippen MR) is 183 cm³/mol. The highest BCUT2D eigenvalue weighted by Crippen LogP contribution is 2.31. The molecule has 0 saturated carbocycles. The molecule has 6 nitrogen and oxygen atoms in total. The van der Waals surface area contributed by atoms with Gasteiger partial charge in [-0.15, -0.1) is 11.8 Å². The third-order valence-corrected chi connectivity index (χ3v) is 9.40. The maximum absolute atomic E-state index is 14.5. The fourth-order valence-corrected chi connectivity index (χ4v) is 6.63. The standard InChI is InChI=1S/C38H31F5N4O2S/c1-2-45-20-30(44-24-45)21-46(19-25-10-12-26(13-11-25)27-14-16-29(17-15-27)38(41,42)43)35(49)22-47-33-9-4-3-7-31(33)34(48)18-36(47)50-23-28-6-5-8-32(39)37(28)40/h3-18,20,24H,2,19,21-23H2,1H3. The second-order valence-corrected chi connectivity index (χ2v) is 12.7. The first-order chi connectivity index (χ1) is 24.0. The van der Waals surface area contributed by atoms with Crippen molar-refractivity contribution in [2.75, 3.05) is 0 Å². The van der Waals surface area contributed by atoms with Crippen LogP contribution in [0.3, 0.4) is 0 Å². The summed E-state index contributed by atoms with van der Waals surface area (Å²) in [5.41, 5.74) is 2.45. The van der Waals surface area contributed by atoms with Crippen LogP contribution in [0.25, 0.3) is 22.0 Å². The van der Waals surface area contributed by atoms with Crippen molar-refractivity contribution in [3.63, 3.8) is 0 Å². The van der Waals surface area contributed by atoms with E-state index >= 15 is 0 Å². The summed E-state index contributed by atoms with van der Waals surface area (Å²) >= 11 is 1.13. The number of fused-ring (bicyclic) bond motifs is 1. The largest absolute Gasteiger partial charge is 0.416 e. The molecule has 6 aromatic rings. The molecule has 0 radical (unpaired) electrons. The Balaban J connectivity index is 1.30. The number of para-hydroxylation sites is 1. The number of carbonyl (C=O) groups excluding carboxylic acids is 1. The third kappa shape index (κ3) is 7.81. The van der Waals surface area contributed by atoms with Gasteiger partial charge in [0, 0.05) is 42.1 Å². The van der Waals surface area contributed by atoms with Gasteiger partial charge in [0.15, 0.2) is 17.1 Å². The normalized spacial score (nSPS) is 11.6. The van der Waals surface area contributed by atoms with Crippen LogP contribution < -0.4 is 5.43 Å². The Morgan fingerprint density at radius 1 is 0.880 bits per heavy atom. The van der Waals surface area contributed by atoms with Gasteiger partial charge in [0.2, 0.25) is 5.91 Å². The molecule has 0 bridgehead atoms. The maximum atomic E-state index is 14.5. The smallest absolute Gasteiger partial charge is 0.337 e. The number of halogens is 5. The van der Waals surface area contributed by atoms with Crippen molar-refractivity contribution in [2.45, 2.75) is 50.1 Å². The number of benzene rings is 4. The van der Waals surface area contributed by atoms with Gasteiger partial charge in [-0.05, 0) is 53.9 Å². The number of rotatable bonds is 11. The lowest BCUT2D eigenvalue weighted by Gasteiger charge is -2.24. The molecule has 4 aromatic carbocycles. The first-order valence-electron chi connectivity index (χ1n) is 15.7. The molecule has 256 valence electrons. The SMILES string of the molecule is CCn1cnc(CN(Cc2ccc(-c3ccc(C(F)(F)F)cc3)cc2)C(=O)Cn2c(SCc3cccc(F)c3F)cc(=O)c3ccccc32)c1. The molecule has 0 aliphatic heterocycles. The van der Waals surface area contributed by atoms with E-state index in [2.05, 4.69) is 4.98 Å². The number of amides is 1. The van der Waals surface area contributed by atoms with Gasteiger partial charge in [-0.2, -0.15) is 13.2 Å². The molecular formula is C38H31F5N4O2S. The van der Waals surface area contributed by atoms with Crippen LogP contribution in [0.15, 0.2) is 119 Å². The number of thioether (sulfide) groups is 1. The topological polar surface area (TPSA) is 60.1 Å². The molecule has 50 heavy (non-hydrogen) atoms. The maximum Gasteiger partial charge on any atom is 0.416 e. The van der Waals surface area contributed by atoms with Crippen LogP contribution >= 0.6 is 11.8 Å². The van der Waals surface area contributed by atoms with Gasteiger partial charge in [0.05, 0.1) is 34.7 Å². The third-order valence-electron chi connectivity index (χ3n) is 8.31. The summed E-state index contributed by atoms with van der Waals surface area (Å²) in [4.78, 5) is 33.4. The van der Waals surface area contributed by atoms with E-state index in [0.29, 0.717) is 33.7 Å². The first kappa shape index (κ1) is 34.6. The average Bonchev–Trinajstić information content (AvgIpc) is 3.57. The van der Waals surface area contributed by atoms with Crippen molar-refractivity contribution in [2.24, 2.45) is 0 Å². The van der Waals surface area contributed by atoms with Gasteiger partial charge < -0.3 is 14.0 Å². The second kappa shape index (κ2) is 14.7. The zero-order chi connectivity index (χ0) is 35.4. The molecule has 0 saturated heterocycles. The zero-order valence-electron chi connectivity index (χ0n) is 26.8. The van der Waals surface area contributed by atoms with Crippen molar-refractivity contribution >= 4 is 28.6 Å². The Bertz CT molecular complexity index is 2200. The summed E-state index contributed by atoms with van der Waals surface area (Å²) in [6.45, 7) is 2.89. The lowest BCUT2D eigenvalue weighted by atomic mass is 10.0. The summed E-state index contributed by atoms with van der Waals surface area (Å²) in [6.07, 6.45) is -0.879. The number of carbonyl (C=O) groups is 1. The number of aryl methyl sites for hydroxylation is 1. The number of alkyl halides is 3. The fraction of sp³-hybridized carbons (Fsp3) is 0.184. The molecule has 0 spiro atoms. The Morgan fingerprint density at radius 2 is 1.58 bits per heavy atom. The van der Waals surface area contributed by atoms with Crippen LogP contribution in [-0.4, -0.2) is 24.9 Å². The summed E-state index contributed by atoms with van der Waals surface area (Å²) in [5.74, 6) is -2.19. The lowest BCUT2D eigenvalue weighted by Crippen LogP contribution is -2.34. The number of nitrogens with zero attached hydrogens (tertiary/aromatic N) is 4. The van der Waals surface area contributed by atoms with Crippen LogP contribution in [0.1, 0.15) is 29.3 Å². The molecule has 2 aromatic heterocycles. The highest BCUT2D eigenvalue weighted by atomic mass is 32.2. The van der Waals surface area contributed by atoms with E-state index in [4.69, 9.17) is 0 Å². The van der Waals surface area contributed by atoms with E-state index in [1.165, 1.54) is 30.3 Å². The van der Waals surface area contributed by atoms with Gasteiger partial charge in [-0.25, -0.2) is 13.8 Å². The highest BCUT2D eigenvalue weighted by Gasteiger charge is 2.30. The summed E-state index contributed by atoms with van der Waals surface area (Å²) in [7, 11) is 0. The van der Waals surface area contributed by atoms with Crippen molar-refractivity contribution in [3.05, 3.63) is 154 Å². The number of hydrogen-bond donors (Lipinski definition) is 0. The molecule has 0 atom stereocenters. The average molecular weight is 703 g/mol. The number of hydrogen-bond acceptors (Lipinski definition) is 4. The molecule has 0 aliphatic rings. The van der Waals surface area contributed by atoms with Crippen molar-refractivity contribution in [3.8, 4) is 11.1 Å². The van der Waals surface area contributed by atoms with Gasteiger partial charge in [0.1, 0.15) is 6.54 Å². The van der Waals surface area contributed by atoms with E-state index in [0.717, 1.165) is 41.1 Å². The minimum atomic E-state index is -4.42. The Labute approximate surface area is 288 Å². The molecule has 0 aliphatic carbocycles. The summed E-state index contributed by atoms with van der Waals surface area (Å²) in [5, 5.41) is 0.829. The Hall–Kier alpha value is -5.23. The molecule has 1 amide bonds. The van der Waals surface area contributed by atoms with Crippen molar-refractivity contribution < 1.29 is 26.7 Å². The van der Waals surface area contributed by atoms with Crippen LogP contribution in [0.2, 0.25) is 0 Å². The van der Waals surface area contributed by atoms with Crippen LogP contribution in [0.5, 0.6) is 0 Å². The van der Waals surface area contributed by atoms with Gasteiger partial charge >= 0.3 is 6.18 Å². The number of imidazole rings is 1. The molecule has 6 rings (SSSR count). The van der Waals surface area contributed by atoms with Crippen LogP contribution in [-0.2, 0) is 42.9 Å². The van der Waals surface area contributed by atoms with Crippen molar-refractivity contribution in [1.29, 1.82) is 0 Å². The van der Waals surface area contributed by atoms with E-state index in [9.17, 15) is 31.5 Å². The molecule has 2 heterocycles. The Morgan fingerprint density at radius 3 is 2.26 bits per heavy atom. The second-order valence-electron chi connectivity index (χ2n) is 11.7. The van der Waals surface area contributed by atoms with Crippen molar-refractivity contribution in [1.82, 2.24) is 19.0 Å². The molecule has 0 N–H and O–H groups in total. The van der Waals surface area contributed by atoms with Crippen LogP contribution in [0, 0.1) is 11.6 Å². The molecule has 0 fully saturated rings. The summed E-state index contributed by atoms with van der Waals surface area (Å²) in [6, 6.07) is 24.4. The van der Waals surface area contributed by atoms with Crippen LogP contribution in [0.4, 0.5) is 22.0 Å². The molecule has 12 heteroatoms. The quantitative estimate of drug-likeness (QED) is 0.100. The lowest BCUT2D eigenvalue weighted by molar-refractivity contribution is -0.137.